The van der Waals surface area contributed by atoms with E-state index < -0.39 is 12.0 Å². The predicted octanol–water partition coefficient (Wildman–Crippen LogP) is 0.190. The summed E-state index contributed by atoms with van der Waals surface area (Å²) in [6.07, 6.45) is 3.03. The van der Waals surface area contributed by atoms with Crippen molar-refractivity contribution in [1.29, 1.82) is 0 Å². The molecule has 2 heterocycles. The molecule has 0 saturated carbocycles. The van der Waals surface area contributed by atoms with Gasteiger partial charge in [-0.15, -0.1) is 0 Å². The van der Waals surface area contributed by atoms with Crippen LogP contribution >= 0.6 is 0 Å². The Labute approximate surface area is 130 Å². The van der Waals surface area contributed by atoms with E-state index in [1.807, 2.05) is 30.3 Å². The third-order valence-corrected chi connectivity index (χ3v) is 3.37. The molecule has 8 heteroatoms. The molecule has 0 aliphatic rings. The van der Waals surface area contributed by atoms with Gasteiger partial charge in [0.15, 0.2) is 12.4 Å². The highest BCUT2D eigenvalue weighted by Gasteiger charge is 2.16. The van der Waals surface area contributed by atoms with E-state index in [0.29, 0.717) is 17.5 Å². The van der Waals surface area contributed by atoms with E-state index in [4.69, 9.17) is 10.5 Å². The van der Waals surface area contributed by atoms with Crippen molar-refractivity contribution in [3.8, 4) is 0 Å². The molecule has 0 amide bonds. The van der Waals surface area contributed by atoms with E-state index in [1.54, 1.807) is 0 Å². The molecule has 1 unspecified atom stereocenters. The number of nitrogens with one attached hydrogen (secondary N) is 1. The van der Waals surface area contributed by atoms with E-state index >= 15 is 0 Å². The Bertz CT molecular complexity index is 871. The Kier molecular flexibility index (Phi) is 4.15. The summed E-state index contributed by atoms with van der Waals surface area (Å²) in [5.41, 5.74) is 6.85. The second-order valence-electron chi connectivity index (χ2n) is 5.00. The lowest BCUT2D eigenvalue weighted by atomic mass is 10.1. The lowest BCUT2D eigenvalue weighted by Gasteiger charge is -2.11. The van der Waals surface area contributed by atoms with Gasteiger partial charge in [-0.05, 0) is 12.0 Å². The Morgan fingerprint density at radius 2 is 2.13 bits per heavy atom. The Balaban J connectivity index is 1.64. The molecular formula is C15H15N5O3. The van der Waals surface area contributed by atoms with Gasteiger partial charge < -0.3 is 15.5 Å². The molecule has 0 bridgehead atoms. The number of carbonyl (C=O) groups excluding carboxylic acids is 1. The van der Waals surface area contributed by atoms with E-state index in [1.165, 1.54) is 17.2 Å². The number of ether oxygens (including phenoxy) is 1. The molecule has 3 aromatic rings. The maximum atomic E-state index is 12.0. The first-order chi connectivity index (χ1) is 11.1. The standard InChI is InChI=1S/C15H15N5O3/c16-12(6-10-4-2-1-3-5-10)15(22)23-9-20-13-11(7-19-20)14(21)18-8-17-13/h1-5,7-8,12H,6,9,16H2,(H,17,18,21). The zero-order valence-corrected chi connectivity index (χ0v) is 12.2. The molecule has 2 aromatic heterocycles. The molecule has 0 spiro atoms. The largest absolute Gasteiger partial charge is 0.441 e. The molecule has 0 fully saturated rings. The monoisotopic (exact) mass is 313 g/mol. The molecule has 118 valence electrons. The Morgan fingerprint density at radius 1 is 1.35 bits per heavy atom. The van der Waals surface area contributed by atoms with E-state index in [2.05, 4.69) is 15.1 Å². The predicted molar refractivity (Wildman–Crippen MR) is 82.4 cm³/mol. The maximum absolute atomic E-state index is 12.0. The van der Waals surface area contributed by atoms with Crippen molar-refractivity contribution in [1.82, 2.24) is 19.7 Å². The first-order valence-corrected chi connectivity index (χ1v) is 7.00. The number of hydrogen-bond donors (Lipinski definition) is 2. The summed E-state index contributed by atoms with van der Waals surface area (Å²) in [5, 5.41) is 4.32. The van der Waals surface area contributed by atoms with Crippen LogP contribution < -0.4 is 11.3 Å². The number of hydrogen-bond acceptors (Lipinski definition) is 6. The molecule has 0 aliphatic heterocycles. The van der Waals surface area contributed by atoms with Crippen molar-refractivity contribution in [3.05, 3.63) is 58.8 Å². The van der Waals surface area contributed by atoms with Crippen molar-refractivity contribution in [2.45, 2.75) is 19.2 Å². The van der Waals surface area contributed by atoms with Crippen LogP contribution in [0.1, 0.15) is 5.56 Å². The van der Waals surface area contributed by atoms with Crippen LogP contribution in [0.2, 0.25) is 0 Å². The van der Waals surface area contributed by atoms with Crippen LogP contribution in [0, 0.1) is 0 Å². The Morgan fingerprint density at radius 3 is 2.91 bits per heavy atom. The molecule has 8 nitrogen and oxygen atoms in total. The zero-order valence-electron chi connectivity index (χ0n) is 12.2. The average molecular weight is 313 g/mol. The minimum Gasteiger partial charge on any atom is -0.441 e. The third kappa shape index (κ3) is 3.27. The number of fused-ring (bicyclic) bond motifs is 1. The van der Waals surface area contributed by atoms with Crippen LogP contribution in [0.4, 0.5) is 0 Å². The number of benzene rings is 1. The molecule has 1 aromatic carbocycles. The van der Waals surface area contributed by atoms with Gasteiger partial charge in [-0.2, -0.15) is 5.10 Å². The fourth-order valence-corrected chi connectivity index (χ4v) is 2.18. The number of nitrogens with two attached hydrogens (primary N) is 1. The lowest BCUT2D eigenvalue weighted by molar-refractivity contribution is -0.149. The summed E-state index contributed by atoms with van der Waals surface area (Å²) in [6, 6.07) is 8.67. The van der Waals surface area contributed by atoms with Crippen molar-refractivity contribution in [2.75, 3.05) is 0 Å². The van der Waals surface area contributed by atoms with Gasteiger partial charge in [-0.1, -0.05) is 30.3 Å². The molecule has 23 heavy (non-hydrogen) atoms. The molecule has 3 rings (SSSR count). The first kappa shape index (κ1) is 14.9. The van der Waals surface area contributed by atoms with Crippen LogP contribution in [0.5, 0.6) is 0 Å². The van der Waals surface area contributed by atoms with Crippen LogP contribution in [0.25, 0.3) is 11.0 Å². The number of H-pyrrole nitrogens is 1. The number of rotatable bonds is 5. The van der Waals surface area contributed by atoms with Crippen LogP contribution in [-0.2, 0) is 22.7 Å². The summed E-state index contributed by atoms with van der Waals surface area (Å²) < 4.78 is 6.48. The molecular weight excluding hydrogens is 298 g/mol. The molecule has 3 N–H and O–H groups in total. The quantitative estimate of drug-likeness (QED) is 0.650. The van der Waals surface area contributed by atoms with Crippen molar-refractivity contribution in [2.24, 2.45) is 5.73 Å². The highest BCUT2D eigenvalue weighted by molar-refractivity contribution is 5.76. The second-order valence-corrected chi connectivity index (χ2v) is 5.00. The van der Waals surface area contributed by atoms with E-state index in [-0.39, 0.29) is 12.3 Å². The minimum absolute atomic E-state index is 0.152. The van der Waals surface area contributed by atoms with Gasteiger partial charge in [-0.25, -0.2) is 9.67 Å². The third-order valence-electron chi connectivity index (χ3n) is 3.37. The summed E-state index contributed by atoms with van der Waals surface area (Å²) in [5.74, 6) is -0.539. The topological polar surface area (TPSA) is 116 Å². The van der Waals surface area contributed by atoms with Gasteiger partial charge in [0.2, 0.25) is 0 Å². The highest BCUT2D eigenvalue weighted by atomic mass is 16.5. The van der Waals surface area contributed by atoms with Gasteiger partial charge in [0.1, 0.15) is 11.4 Å². The average Bonchev–Trinajstić information content (AvgIpc) is 2.98. The Hall–Kier alpha value is -3.00. The van der Waals surface area contributed by atoms with Crippen LogP contribution in [0.3, 0.4) is 0 Å². The molecule has 0 saturated heterocycles. The summed E-state index contributed by atoms with van der Waals surface area (Å²) in [7, 11) is 0. The smallest absolute Gasteiger partial charge is 0.325 e. The zero-order chi connectivity index (χ0) is 16.2. The van der Waals surface area contributed by atoms with Gasteiger partial charge >= 0.3 is 5.97 Å². The summed E-state index contributed by atoms with van der Waals surface area (Å²) in [6.45, 7) is -0.152. The van der Waals surface area contributed by atoms with Crippen molar-refractivity contribution in [3.63, 3.8) is 0 Å². The van der Waals surface area contributed by atoms with Gasteiger partial charge in [0.25, 0.3) is 5.56 Å². The van der Waals surface area contributed by atoms with Crippen molar-refractivity contribution < 1.29 is 9.53 Å². The second kappa shape index (κ2) is 6.41. The number of nitrogens with zero attached hydrogens (tertiary/aromatic N) is 3. The highest BCUT2D eigenvalue weighted by Crippen LogP contribution is 2.06. The maximum Gasteiger partial charge on any atom is 0.325 e. The number of carbonyl (C=O) groups is 1. The fraction of sp³-hybridized carbons (Fsp3) is 0.200. The lowest BCUT2D eigenvalue weighted by Crippen LogP contribution is -2.34. The normalized spacial score (nSPS) is 12.2. The van der Waals surface area contributed by atoms with Gasteiger partial charge in [0, 0.05) is 0 Å². The number of aromatic nitrogens is 4. The van der Waals surface area contributed by atoms with Crippen LogP contribution in [-0.4, -0.2) is 31.8 Å². The first-order valence-electron chi connectivity index (χ1n) is 7.00. The SMILES string of the molecule is NC(Cc1ccccc1)C(=O)OCn1ncc2c(=O)[nH]cnc21. The summed E-state index contributed by atoms with van der Waals surface area (Å²) in [4.78, 5) is 30.0. The van der Waals surface area contributed by atoms with Gasteiger partial charge in [-0.3, -0.25) is 9.59 Å². The fourth-order valence-electron chi connectivity index (χ4n) is 2.18. The summed E-state index contributed by atoms with van der Waals surface area (Å²) >= 11 is 0. The van der Waals surface area contributed by atoms with Gasteiger partial charge in [0.05, 0.1) is 12.5 Å². The molecule has 1 atom stereocenters. The number of esters is 1. The van der Waals surface area contributed by atoms with E-state index in [0.717, 1.165) is 5.56 Å². The molecule has 0 aliphatic carbocycles. The van der Waals surface area contributed by atoms with Crippen molar-refractivity contribution >= 4 is 17.0 Å². The number of aromatic amines is 1. The molecule has 0 radical (unpaired) electrons. The minimum atomic E-state index is -0.768. The van der Waals surface area contributed by atoms with Crippen LogP contribution in [0.15, 0.2) is 47.7 Å². The van der Waals surface area contributed by atoms with E-state index in [9.17, 15) is 9.59 Å².